The second-order valence-corrected chi connectivity index (χ2v) is 3.40. The van der Waals surface area contributed by atoms with E-state index < -0.39 is 5.91 Å². The molecule has 0 spiro atoms. The maximum absolute atomic E-state index is 10.7. The van der Waals surface area contributed by atoms with E-state index in [1.807, 2.05) is 12.1 Å². The highest BCUT2D eigenvalue weighted by Gasteiger charge is 2.09. The highest BCUT2D eigenvalue weighted by Crippen LogP contribution is 2.21. The average Bonchev–Trinajstić information content (AvgIpc) is 2.49. The minimum absolute atomic E-state index is 0.0712. The molecule has 65 valence electrons. The van der Waals surface area contributed by atoms with Crippen molar-refractivity contribution in [3.63, 3.8) is 0 Å². The molecule has 0 fully saturated rings. The number of carbonyl (C=O) groups is 1. The van der Waals surface area contributed by atoms with Gasteiger partial charge in [0.05, 0.1) is 5.52 Å². The molecule has 1 amide bonds. The van der Waals surface area contributed by atoms with E-state index in [0.717, 1.165) is 9.99 Å². The molecule has 1 aromatic carbocycles. The first-order valence-electron chi connectivity index (χ1n) is 3.58. The first-order chi connectivity index (χ1) is 6.18. The second kappa shape index (κ2) is 2.85. The van der Waals surface area contributed by atoms with Gasteiger partial charge in [0, 0.05) is 4.47 Å². The van der Waals surface area contributed by atoms with Gasteiger partial charge in [-0.2, -0.15) is 0 Å². The van der Waals surface area contributed by atoms with E-state index in [1.165, 1.54) is 0 Å². The molecule has 0 aliphatic rings. The van der Waals surface area contributed by atoms with Gasteiger partial charge in [0.1, 0.15) is 5.52 Å². The standard InChI is InChI=1S/C8H5BrN3O/c9-4-2-1-3-5-6(4)12-8(11-5)7(10)13/h1-3,10H,(H,11,12). The Labute approximate surface area is 82.3 Å². The summed E-state index contributed by atoms with van der Waals surface area (Å²) >= 11 is 3.30. The first kappa shape index (κ1) is 8.25. The van der Waals surface area contributed by atoms with Crippen LogP contribution in [0, 0.1) is 0 Å². The van der Waals surface area contributed by atoms with Crippen molar-refractivity contribution < 1.29 is 4.79 Å². The Kier molecular flexibility index (Phi) is 1.81. The van der Waals surface area contributed by atoms with E-state index in [9.17, 15) is 4.79 Å². The van der Waals surface area contributed by atoms with E-state index in [1.54, 1.807) is 6.07 Å². The van der Waals surface area contributed by atoms with Crippen molar-refractivity contribution in [2.24, 2.45) is 0 Å². The van der Waals surface area contributed by atoms with Gasteiger partial charge in [-0.05, 0) is 28.1 Å². The third-order valence-corrected chi connectivity index (χ3v) is 2.32. The Balaban J connectivity index is 2.75. The number of hydrogen-bond donors (Lipinski definition) is 1. The SMILES string of the molecule is [NH]C(=O)c1nc2c(Br)cccc2[nH]1. The molecule has 0 aliphatic heterocycles. The van der Waals surface area contributed by atoms with Gasteiger partial charge in [0.25, 0.3) is 0 Å². The molecule has 2 aromatic rings. The maximum Gasteiger partial charge on any atom is 0.305 e. The van der Waals surface area contributed by atoms with E-state index in [4.69, 9.17) is 5.73 Å². The van der Waals surface area contributed by atoms with Gasteiger partial charge in [-0.15, -0.1) is 0 Å². The average molecular weight is 239 g/mol. The molecule has 2 N–H and O–H groups in total. The van der Waals surface area contributed by atoms with Gasteiger partial charge in [-0.1, -0.05) is 6.07 Å². The topological polar surface area (TPSA) is 69.6 Å². The van der Waals surface area contributed by atoms with E-state index in [0.29, 0.717) is 5.52 Å². The number of nitrogens with zero attached hydrogens (tertiary/aromatic N) is 1. The van der Waals surface area contributed by atoms with Crippen molar-refractivity contribution in [2.45, 2.75) is 0 Å². The van der Waals surface area contributed by atoms with Crippen LogP contribution in [0.5, 0.6) is 0 Å². The molecule has 0 bridgehead atoms. The van der Waals surface area contributed by atoms with Gasteiger partial charge in [-0.3, -0.25) is 10.5 Å². The van der Waals surface area contributed by atoms with Crippen molar-refractivity contribution in [1.82, 2.24) is 15.7 Å². The van der Waals surface area contributed by atoms with Crippen LogP contribution >= 0.6 is 15.9 Å². The van der Waals surface area contributed by atoms with E-state index in [-0.39, 0.29) is 5.82 Å². The quantitative estimate of drug-likeness (QED) is 0.823. The van der Waals surface area contributed by atoms with Crippen LogP contribution in [0.4, 0.5) is 0 Å². The van der Waals surface area contributed by atoms with E-state index in [2.05, 4.69) is 25.9 Å². The molecule has 0 unspecified atom stereocenters. The van der Waals surface area contributed by atoms with Crippen LogP contribution in [-0.2, 0) is 0 Å². The number of nitrogens with one attached hydrogen (secondary N) is 2. The molecule has 5 heteroatoms. The number of rotatable bonds is 1. The molecule has 1 heterocycles. The largest absolute Gasteiger partial charge is 0.334 e. The Hall–Kier alpha value is -1.36. The lowest BCUT2D eigenvalue weighted by Crippen LogP contribution is -2.00. The molecular weight excluding hydrogens is 234 g/mol. The fraction of sp³-hybridized carbons (Fsp3) is 0. The van der Waals surface area contributed by atoms with Crippen LogP contribution in [-0.4, -0.2) is 15.9 Å². The molecule has 1 radical (unpaired) electrons. The summed E-state index contributed by atoms with van der Waals surface area (Å²) in [5.74, 6) is -0.731. The van der Waals surface area contributed by atoms with Crippen LogP contribution in [0.3, 0.4) is 0 Å². The summed E-state index contributed by atoms with van der Waals surface area (Å²) in [7, 11) is 0. The van der Waals surface area contributed by atoms with Crippen molar-refractivity contribution >= 4 is 32.9 Å². The molecule has 0 saturated carbocycles. The summed E-state index contributed by atoms with van der Waals surface area (Å²) < 4.78 is 0.814. The first-order valence-corrected chi connectivity index (χ1v) is 4.38. The van der Waals surface area contributed by atoms with Crippen LogP contribution in [0.25, 0.3) is 11.0 Å². The van der Waals surface area contributed by atoms with Crippen LogP contribution < -0.4 is 5.73 Å². The van der Waals surface area contributed by atoms with Gasteiger partial charge in [0.2, 0.25) is 0 Å². The highest BCUT2D eigenvalue weighted by molar-refractivity contribution is 9.10. The maximum atomic E-state index is 10.7. The Morgan fingerprint density at radius 3 is 2.92 bits per heavy atom. The Bertz CT molecular complexity index is 477. The summed E-state index contributed by atoms with van der Waals surface area (Å²) in [5, 5.41) is 0. The van der Waals surface area contributed by atoms with Gasteiger partial charge < -0.3 is 4.98 Å². The number of aromatic amines is 1. The predicted molar refractivity (Wildman–Crippen MR) is 51.2 cm³/mol. The lowest BCUT2D eigenvalue weighted by molar-refractivity contribution is 0.0983. The van der Waals surface area contributed by atoms with Crippen LogP contribution in [0.15, 0.2) is 22.7 Å². The third kappa shape index (κ3) is 1.31. The smallest absolute Gasteiger partial charge is 0.305 e. The number of fused-ring (bicyclic) bond motifs is 1. The Morgan fingerprint density at radius 1 is 1.54 bits per heavy atom. The number of aromatic nitrogens is 2. The summed E-state index contributed by atoms with van der Waals surface area (Å²) in [6.45, 7) is 0. The van der Waals surface area contributed by atoms with Crippen molar-refractivity contribution in [3.05, 3.63) is 28.5 Å². The fourth-order valence-corrected chi connectivity index (χ4v) is 1.56. The van der Waals surface area contributed by atoms with Gasteiger partial charge in [-0.25, -0.2) is 4.98 Å². The number of benzene rings is 1. The molecule has 0 aliphatic carbocycles. The second-order valence-electron chi connectivity index (χ2n) is 2.55. The highest BCUT2D eigenvalue weighted by atomic mass is 79.9. The monoisotopic (exact) mass is 238 g/mol. The van der Waals surface area contributed by atoms with Gasteiger partial charge >= 0.3 is 5.91 Å². The van der Waals surface area contributed by atoms with E-state index >= 15 is 0 Å². The molecule has 0 atom stereocenters. The number of amides is 1. The number of halogens is 1. The number of hydrogen-bond acceptors (Lipinski definition) is 2. The van der Waals surface area contributed by atoms with Crippen molar-refractivity contribution in [1.29, 1.82) is 0 Å². The summed E-state index contributed by atoms with van der Waals surface area (Å²) in [5.41, 5.74) is 8.31. The number of H-pyrrole nitrogens is 1. The number of carbonyl (C=O) groups excluding carboxylic acids is 1. The summed E-state index contributed by atoms with van der Waals surface area (Å²) in [4.78, 5) is 17.4. The van der Waals surface area contributed by atoms with Crippen molar-refractivity contribution in [2.75, 3.05) is 0 Å². The molecule has 13 heavy (non-hydrogen) atoms. The lowest BCUT2D eigenvalue weighted by Gasteiger charge is -1.88. The molecule has 4 nitrogen and oxygen atoms in total. The third-order valence-electron chi connectivity index (χ3n) is 1.68. The zero-order valence-electron chi connectivity index (χ0n) is 6.47. The minimum Gasteiger partial charge on any atom is -0.334 e. The molecule has 2 rings (SSSR count). The number of imidazole rings is 1. The zero-order valence-corrected chi connectivity index (χ0v) is 8.05. The molecule has 0 saturated heterocycles. The molecular formula is C8H5BrN3O. The lowest BCUT2D eigenvalue weighted by atomic mass is 10.3. The number of para-hydroxylation sites is 1. The fourth-order valence-electron chi connectivity index (χ4n) is 1.10. The minimum atomic E-state index is -0.803. The normalized spacial score (nSPS) is 10.5. The summed E-state index contributed by atoms with van der Waals surface area (Å²) in [6.07, 6.45) is 0. The zero-order chi connectivity index (χ0) is 9.42. The molecule has 1 aromatic heterocycles. The van der Waals surface area contributed by atoms with Crippen molar-refractivity contribution in [3.8, 4) is 0 Å². The summed E-state index contributed by atoms with van der Waals surface area (Å²) in [6, 6.07) is 5.48. The van der Waals surface area contributed by atoms with Gasteiger partial charge in [0.15, 0.2) is 5.82 Å². The predicted octanol–water partition coefficient (Wildman–Crippen LogP) is 1.75. The van der Waals surface area contributed by atoms with Crippen LogP contribution in [0.2, 0.25) is 0 Å². The Morgan fingerprint density at radius 2 is 2.31 bits per heavy atom. The van der Waals surface area contributed by atoms with Crippen LogP contribution in [0.1, 0.15) is 10.6 Å².